The van der Waals surface area contributed by atoms with Crippen molar-refractivity contribution in [3.05, 3.63) is 0 Å². The molecule has 0 aromatic heterocycles. The number of hydrogen-bond donors (Lipinski definition) is 1. The van der Waals surface area contributed by atoms with Crippen LogP contribution in [0.4, 0.5) is 0 Å². The van der Waals surface area contributed by atoms with Gasteiger partial charge in [-0.15, -0.1) is 0 Å². The zero-order chi connectivity index (χ0) is 6.85. The third-order valence-corrected chi connectivity index (χ3v) is 2.21. The van der Waals surface area contributed by atoms with Crippen LogP contribution in [0.2, 0.25) is 0 Å². The molecule has 1 aliphatic rings. The fourth-order valence-corrected chi connectivity index (χ4v) is 1.07. The average Bonchev–Trinajstić information content (AvgIpc) is 1.83. The van der Waals surface area contributed by atoms with Gasteiger partial charge in [-0.25, -0.2) is 0 Å². The summed E-state index contributed by atoms with van der Waals surface area (Å²) in [7, 11) is 0. The molecule has 54 valence electrons. The molecule has 2 nitrogen and oxygen atoms in total. The molecule has 3 unspecified atom stereocenters. The van der Waals surface area contributed by atoms with E-state index in [0.717, 1.165) is 6.42 Å². The Balaban J connectivity index is 2.41. The molecule has 0 aromatic carbocycles. The first-order chi connectivity index (χ1) is 4.22. The van der Waals surface area contributed by atoms with Crippen LogP contribution >= 0.6 is 0 Å². The van der Waals surface area contributed by atoms with E-state index >= 15 is 0 Å². The molecule has 0 aliphatic carbocycles. The third-order valence-electron chi connectivity index (χ3n) is 2.21. The van der Waals surface area contributed by atoms with E-state index in [-0.39, 0.29) is 0 Å². The summed E-state index contributed by atoms with van der Waals surface area (Å²) in [5.41, 5.74) is 0. The Bertz CT molecular complexity index is 82.9. The van der Waals surface area contributed by atoms with E-state index in [1.165, 1.54) is 0 Å². The summed E-state index contributed by atoms with van der Waals surface area (Å²) >= 11 is 0. The second-order valence-corrected chi connectivity index (χ2v) is 2.89. The standard InChI is InChI=1S/C7H14O2/c1-5-3-4-9-7(8)6(5)2/h5-8H,3-4H2,1-2H3. The lowest BCUT2D eigenvalue weighted by atomic mass is 9.91. The van der Waals surface area contributed by atoms with Crippen molar-refractivity contribution in [2.75, 3.05) is 6.61 Å². The van der Waals surface area contributed by atoms with Crippen LogP contribution in [-0.2, 0) is 4.74 Å². The van der Waals surface area contributed by atoms with Crippen molar-refractivity contribution in [1.29, 1.82) is 0 Å². The van der Waals surface area contributed by atoms with Crippen molar-refractivity contribution in [2.45, 2.75) is 26.6 Å². The Morgan fingerprint density at radius 2 is 2.11 bits per heavy atom. The number of aliphatic hydroxyl groups excluding tert-OH is 1. The highest BCUT2D eigenvalue weighted by atomic mass is 16.6. The highest BCUT2D eigenvalue weighted by molar-refractivity contribution is 4.68. The molecule has 0 saturated carbocycles. The maximum Gasteiger partial charge on any atom is 0.157 e. The summed E-state index contributed by atoms with van der Waals surface area (Å²) in [6.07, 6.45) is 0.562. The Morgan fingerprint density at radius 1 is 1.44 bits per heavy atom. The van der Waals surface area contributed by atoms with Gasteiger partial charge in [-0.3, -0.25) is 0 Å². The van der Waals surface area contributed by atoms with Crippen LogP contribution in [0.1, 0.15) is 20.3 Å². The molecule has 0 spiro atoms. The monoisotopic (exact) mass is 130 g/mol. The molecule has 0 radical (unpaired) electrons. The van der Waals surface area contributed by atoms with Crippen LogP contribution in [0.25, 0.3) is 0 Å². The van der Waals surface area contributed by atoms with Gasteiger partial charge in [0, 0.05) is 5.92 Å². The summed E-state index contributed by atoms with van der Waals surface area (Å²) in [6, 6.07) is 0. The lowest BCUT2D eigenvalue weighted by Crippen LogP contribution is -2.32. The Kier molecular flexibility index (Phi) is 2.09. The molecule has 0 aromatic rings. The molecule has 9 heavy (non-hydrogen) atoms. The van der Waals surface area contributed by atoms with E-state index in [9.17, 15) is 0 Å². The van der Waals surface area contributed by atoms with Crippen molar-refractivity contribution >= 4 is 0 Å². The predicted molar refractivity (Wildman–Crippen MR) is 34.9 cm³/mol. The van der Waals surface area contributed by atoms with E-state index in [0.29, 0.717) is 18.4 Å². The molecule has 2 heteroatoms. The first-order valence-corrected chi connectivity index (χ1v) is 3.51. The Morgan fingerprint density at radius 3 is 2.56 bits per heavy atom. The molecule has 1 saturated heterocycles. The van der Waals surface area contributed by atoms with E-state index in [1.54, 1.807) is 0 Å². The molecule has 0 bridgehead atoms. The van der Waals surface area contributed by atoms with Crippen LogP contribution in [0.3, 0.4) is 0 Å². The highest BCUT2D eigenvalue weighted by Gasteiger charge is 2.25. The van der Waals surface area contributed by atoms with Gasteiger partial charge in [0.25, 0.3) is 0 Å². The fourth-order valence-electron chi connectivity index (χ4n) is 1.07. The first-order valence-electron chi connectivity index (χ1n) is 3.51. The minimum Gasteiger partial charge on any atom is -0.368 e. The smallest absolute Gasteiger partial charge is 0.157 e. The number of aliphatic hydroxyl groups is 1. The van der Waals surface area contributed by atoms with Gasteiger partial charge in [0.15, 0.2) is 6.29 Å². The lowest BCUT2D eigenvalue weighted by molar-refractivity contribution is -0.169. The summed E-state index contributed by atoms with van der Waals surface area (Å²) in [5.74, 6) is 0.910. The summed E-state index contributed by atoms with van der Waals surface area (Å²) < 4.78 is 5.02. The number of hydrogen-bond acceptors (Lipinski definition) is 2. The Labute approximate surface area is 55.8 Å². The van der Waals surface area contributed by atoms with Crippen molar-refractivity contribution in [1.82, 2.24) is 0 Å². The number of ether oxygens (including phenoxy) is 1. The van der Waals surface area contributed by atoms with E-state index in [4.69, 9.17) is 9.84 Å². The van der Waals surface area contributed by atoms with Gasteiger partial charge in [0.1, 0.15) is 0 Å². The van der Waals surface area contributed by atoms with Gasteiger partial charge < -0.3 is 9.84 Å². The largest absolute Gasteiger partial charge is 0.368 e. The molecule has 0 amide bonds. The molecular weight excluding hydrogens is 116 g/mol. The molecule has 3 atom stereocenters. The van der Waals surface area contributed by atoms with E-state index in [1.807, 2.05) is 6.92 Å². The van der Waals surface area contributed by atoms with Gasteiger partial charge in [-0.1, -0.05) is 13.8 Å². The van der Waals surface area contributed by atoms with Crippen LogP contribution in [0.15, 0.2) is 0 Å². The maximum absolute atomic E-state index is 9.13. The van der Waals surface area contributed by atoms with Gasteiger partial charge in [0.05, 0.1) is 6.61 Å². The average molecular weight is 130 g/mol. The topological polar surface area (TPSA) is 29.5 Å². The molecule has 1 N–H and O–H groups in total. The normalized spacial score (nSPS) is 45.0. The van der Waals surface area contributed by atoms with Crippen molar-refractivity contribution in [3.63, 3.8) is 0 Å². The minimum absolute atomic E-state index is 0.304. The van der Waals surface area contributed by atoms with E-state index in [2.05, 4.69) is 6.92 Å². The van der Waals surface area contributed by atoms with Crippen LogP contribution in [-0.4, -0.2) is 18.0 Å². The second-order valence-electron chi connectivity index (χ2n) is 2.89. The second kappa shape index (κ2) is 2.67. The third kappa shape index (κ3) is 1.43. The molecule has 1 rings (SSSR count). The van der Waals surface area contributed by atoms with Gasteiger partial charge in [-0.05, 0) is 12.3 Å². The number of rotatable bonds is 0. The summed E-state index contributed by atoms with van der Waals surface area (Å²) in [5, 5.41) is 9.13. The first kappa shape index (κ1) is 7.03. The lowest BCUT2D eigenvalue weighted by Gasteiger charge is -2.30. The quantitative estimate of drug-likeness (QED) is 0.530. The summed E-state index contributed by atoms with van der Waals surface area (Å²) in [6.45, 7) is 4.89. The highest BCUT2D eigenvalue weighted by Crippen LogP contribution is 2.24. The van der Waals surface area contributed by atoms with Crippen molar-refractivity contribution < 1.29 is 9.84 Å². The van der Waals surface area contributed by atoms with E-state index < -0.39 is 6.29 Å². The molecule has 1 aliphatic heterocycles. The van der Waals surface area contributed by atoms with Gasteiger partial charge in [0.2, 0.25) is 0 Å². The van der Waals surface area contributed by atoms with Crippen molar-refractivity contribution in [3.8, 4) is 0 Å². The van der Waals surface area contributed by atoms with Gasteiger partial charge in [-0.2, -0.15) is 0 Å². The molecular formula is C7H14O2. The Hall–Kier alpha value is -0.0800. The van der Waals surface area contributed by atoms with Crippen LogP contribution in [0, 0.1) is 11.8 Å². The predicted octanol–water partition coefficient (Wildman–Crippen LogP) is 0.997. The minimum atomic E-state index is -0.520. The molecule has 1 heterocycles. The van der Waals surface area contributed by atoms with Crippen LogP contribution in [0.5, 0.6) is 0 Å². The maximum atomic E-state index is 9.13. The zero-order valence-electron chi connectivity index (χ0n) is 6.00. The van der Waals surface area contributed by atoms with Crippen molar-refractivity contribution in [2.24, 2.45) is 11.8 Å². The fraction of sp³-hybridized carbons (Fsp3) is 1.00. The molecule has 1 fully saturated rings. The van der Waals surface area contributed by atoms with Crippen LogP contribution < -0.4 is 0 Å². The SMILES string of the molecule is CC1CCOC(O)C1C. The summed E-state index contributed by atoms with van der Waals surface area (Å²) in [4.78, 5) is 0. The van der Waals surface area contributed by atoms with Gasteiger partial charge >= 0.3 is 0 Å². The zero-order valence-corrected chi connectivity index (χ0v) is 6.00.